The molecule has 1 unspecified atom stereocenters. The Morgan fingerprint density at radius 2 is 1.90 bits per heavy atom. The number of para-hydroxylation sites is 2. The second-order valence-corrected chi connectivity index (χ2v) is 6.59. The van der Waals surface area contributed by atoms with E-state index in [2.05, 4.69) is 40.4 Å². The van der Waals surface area contributed by atoms with Crippen molar-refractivity contribution in [2.24, 2.45) is 7.05 Å². The molecular weight excluding hydrogens is 327 g/mol. The summed E-state index contributed by atoms with van der Waals surface area (Å²) in [6, 6.07) is 8.48. The van der Waals surface area contributed by atoms with Crippen molar-refractivity contribution in [1.29, 1.82) is 0 Å². The van der Waals surface area contributed by atoms with Gasteiger partial charge in [0, 0.05) is 5.75 Å². The van der Waals surface area contributed by atoms with Gasteiger partial charge in [-0.25, -0.2) is 27.8 Å². The van der Waals surface area contributed by atoms with E-state index in [1.807, 2.05) is 11.8 Å². The van der Waals surface area contributed by atoms with E-state index in [1.54, 1.807) is 0 Å². The van der Waals surface area contributed by atoms with E-state index in [0.717, 1.165) is 12.3 Å². The average Bonchev–Trinajstić information content (AvgIpc) is 2.62. The predicted molar refractivity (Wildman–Crippen MR) is 63.5 cm³/mol. The van der Waals surface area contributed by atoms with Crippen molar-refractivity contribution >= 4 is 34.4 Å². The Morgan fingerprint density at radius 1 is 1.30 bits per heavy atom. The highest BCUT2D eigenvalue weighted by Gasteiger charge is 2.29. The molecule has 0 fully saturated rings. The molecule has 110 valence electrons. The maximum Gasteiger partial charge on any atom is 0.318 e. The topological polar surface area (TPSA) is 101 Å². The molecule has 9 heteroatoms. The van der Waals surface area contributed by atoms with E-state index in [-0.39, 0.29) is 5.38 Å². The number of fused-ring (bicyclic) bond motifs is 3. The highest BCUT2D eigenvalue weighted by Crippen LogP contribution is 2.29. The first-order valence-corrected chi connectivity index (χ1v) is 8.29. The molecule has 1 aliphatic heterocycles. The minimum Gasteiger partial charge on any atom is -0.222 e. The van der Waals surface area contributed by atoms with Crippen molar-refractivity contribution < 1.29 is 33.4 Å². The quantitative estimate of drug-likeness (QED) is 0.388. The maximum atomic E-state index is 8.49. The third-order valence-electron chi connectivity index (χ3n) is 2.83. The summed E-state index contributed by atoms with van der Waals surface area (Å²) >= 11 is 8.05. The van der Waals surface area contributed by atoms with E-state index in [9.17, 15) is 0 Å². The van der Waals surface area contributed by atoms with Gasteiger partial charge in [-0.3, -0.25) is 0 Å². The molecule has 2 heterocycles. The SMILES string of the molecule is C[n+]1c2n(c3ccccc31)CC(Cl)CS2.[O-][Cl+3]([O-])([O-])[O-]. The van der Waals surface area contributed by atoms with Crippen LogP contribution >= 0.6 is 23.4 Å². The van der Waals surface area contributed by atoms with E-state index >= 15 is 0 Å². The van der Waals surface area contributed by atoms with Gasteiger partial charge in [0.15, 0.2) is 11.0 Å². The van der Waals surface area contributed by atoms with Gasteiger partial charge < -0.3 is 0 Å². The number of benzene rings is 1. The zero-order valence-electron chi connectivity index (χ0n) is 10.5. The van der Waals surface area contributed by atoms with E-state index in [1.165, 1.54) is 16.2 Å². The molecule has 6 nitrogen and oxygen atoms in total. The summed E-state index contributed by atoms with van der Waals surface area (Å²) in [4.78, 5) is 0. The van der Waals surface area contributed by atoms with Crippen molar-refractivity contribution in [3.8, 4) is 0 Å². The number of aryl methyl sites for hydroxylation is 1. The number of aromatic nitrogens is 2. The fraction of sp³-hybridized carbons (Fsp3) is 0.364. The molecule has 0 radical (unpaired) electrons. The second kappa shape index (κ2) is 6.07. The van der Waals surface area contributed by atoms with Crippen molar-refractivity contribution in [1.82, 2.24) is 4.57 Å². The van der Waals surface area contributed by atoms with Gasteiger partial charge in [-0.2, -0.15) is 0 Å². The van der Waals surface area contributed by atoms with E-state index < -0.39 is 10.2 Å². The first-order chi connectivity index (χ1) is 9.27. The van der Waals surface area contributed by atoms with Crippen LogP contribution in [0.5, 0.6) is 0 Å². The summed E-state index contributed by atoms with van der Waals surface area (Å²) in [6.45, 7) is 0.922. The van der Waals surface area contributed by atoms with Gasteiger partial charge in [0.05, 0.1) is 12.4 Å². The lowest BCUT2D eigenvalue weighted by Crippen LogP contribution is -2.68. The van der Waals surface area contributed by atoms with Crippen molar-refractivity contribution in [3.63, 3.8) is 0 Å². The van der Waals surface area contributed by atoms with Crippen LogP contribution in [0.15, 0.2) is 29.4 Å². The fourth-order valence-corrected chi connectivity index (χ4v) is 3.51. The normalized spacial score (nSPS) is 18.4. The van der Waals surface area contributed by atoms with Gasteiger partial charge in [-0.15, -0.1) is 21.8 Å². The molecule has 20 heavy (non-hydrogen) atoms. The lowest BCUT2D eigenvalue weighted by molar-refractivity contribution is -2.00. The van der Waals surface area contributed by atoms with Crippen LogP contribution in [0.25, 0.3) is 11.0 Å². The van der Waals surface area contributed by atoms with Gasteiger partial charge in [0.1, 0.15) is 6.54 Å². The lowest BCUT2D eigenvalue weighted by Gasteiger charge is -2.17. The van der Waals surface area contributed by atoms with Crippen LogP contribution < -0.4 is 23.2 Å². The Bertz CT molecular complexity index is 608. The molecule has 0 amide bonds. The highest BCUT2D eigenvalue weighted by atomic mass is 35.7. The number of rotatable bonds is 0. The van der Waals surface area contributed by atoms with Gasteiger partial charge in [-0.1, -0.05) is 12.1 Å². The first kappa shape index (κ1) is 15.8. The average molecular weight is 339 g/mol. The molecule has 1 atom stereocenters. The third-order valence-corrected chi connectivity index (χ3v) is 4.62. The molecule has 0 aliphatic carbocycles. The summed E-state index contributed by atoms with van der Waals surface area (Å²) in [5.74, 6) is 1.01. The summed E-state index contributed by atoms with van der Waals surface area (Å²) in [5.41, 5.74) is 2.57. The predicted octanol–water partition coefficient (Wildman–Crippen LogP) is -2.58. The van der Waals surface area contributed by atoms with Crippen LogP contribution in [-0.2, 0) is 13.6 Å². The molecule has 0 saturated heterocycles. The zero-order valence-corrected chi connectivity index (χ0v) is 12.8. The van der Waals surface area contributed by atoms with Crippen LogP contribution in [0.2, 0.25) is 0 Å². The molecule has 3 rings (SSSR count). The zero-order chi connectivity index (χ0) is 14.9. The molecule has 1 aromatic heterocycles. The van der Waals surface area contributed by atoms with Gasteiger partial charge >= 0.3 is 5.16 Å². The Kier molecular flexibility index (Phi) is 4.80. The van der Waals surface area contributed by atoms with E-state index in [0.29, 0.717) is 0 Å². The highest BCUT2D eigenvalue weighted by molar-refractivity contribution is 7.99. The van der Waals surface area contributed by atoms with Crippen LogP contribution in [0.1, 0.15) is 0 Å². The summed E-state index contributed by atoms with van der Waals surface area (Å²) in [6.07, 6.45) is 0. The molecule has 1 aliphatic rings. The number of halogens is 2. The maximum absolute atomic E-state index is 8.49. The third kappa shape index (κ3) is 3.76. The first-order valence-electron chi connectivity index (χ1n) is 5.63. The number of hydrogen-bond acceptors (Lipinski definition) is 5. The van der Waals surface area contributed by atoms with Crippen LogP contribution in [0, 0.1) is 10.2 Å². The van der Waals surface area contributed by atoms with Crippen LogP contribution in [-0.4, -0.2) is 15.7 Å². The van der Waals surface area contributed by atoms with Crippen LogP contribution in [0.4, 0.5) is 0 Å². The molecular formula is C11H12Cl2N2O4S. The van der Waals surface area contributed by atoms with Crippen molar-refractivity contribution in [2.75, 3.05) is 5.75 Å². The van der Waals surface area contributed by atoms with E-state index in [4.69, 9.17) is 30.2 Å². The fourth-order valence-electron chi connectivity index (χ4n) is 2.13. The lowest BCUT2D eigenvalue weighted by atomic mass is 10.3. The number of thioether (sulfide) groups is 1. The molecule has 0 N–H and O–H groups in total. The number of alkyl halides is 1. The second-order valence-electron chi connectivity index (χ2n) is 4.23. The Balaban J connectivity index is 0.000000257. The number of hydrogen-bond donors (Lipinski definition) is 0. The standard InChI is InChI=1S/C11H12ClN2S.ClHO4/c1-13-9-4-2-3-5-10(9)14-6-8(12)7-15-11(13)14;2-1(3,4)5/h2-5,8H,6-7H2,1H3;(H,2,3,4,5)/q+1;/p-1. The van der Waals surface area contributed by atoms with Gasteiger partial charge in [0.2, 0.25) is 0 Å². The Labute approximate surface area is 126 Å². The molecule has 0 saturated carbocycles. The monoisotopic (exact) mass is 338 g/mol. The minimum absolute atomic E-state index is 0.248. The van der Waals surface area contributed by atoms with Crippen LogP contribution in [0.3, 0.4) is 0 Å². The summed E-state index contributed by atoms with van der Waals surface area (Å²) in [5, 5.41) is 1.56. The van der Waals surface area contributed by atoms with Gasteiger partial charge in [0.25, 0.3) is 0 Å². The summed E-state index contributed by atoms with van der Waals surface area (Å²) in [7, 11) is -2.82. The largest absolute Gasteiger partial charge is 0.318 e. The molecule has 0 bridgehead atoms. The Hall–Kier alpha value is -0.540. The number of imidazole rings is 1. The van der Waals surface area contributed by atoms with Crippen molar-refractivity contribution in [2.45, 2.75) is 17.1 Å². The van der Waals surface area contributed by atoms with Gasteiger partial charge in [-0.05, 0) is 23.9 Å². The Morgan fingerprint density at radius 3 is 2.55 bits per heavy atom. The molecule has 2 aromatic rings. The smallest absolute Gasteiger partial charge is 0.222 e. The molecule has 0 spiro atoms. The molecule has 1 aromatic carbocycles. The summed E-state index contributed by atoms with van der Waals surface area (Å²) < 4.78 is 38.5. The van der Waals surface area contributed by atoms with Crippen molar-refractivity contribution in [3.05, 3.63) is 24.3 Å². The number of nitrogens with zero attached hydrogens (tertiary/aromatic N) is 2. The minimum atomic E-state index is -4.94.